The Hall–Kier alpha value is -2.04. The average Bonchev–Trinajstić information content (AvgIpc) is 3.12. The van der Waals surface area contributed by atoms with Gasteiger partial charge >= 0.3 is 6.09 Å². The van der Waals surface area contributed by atoms with Crippen molar-refractivity contribution < 1.29 is 14.3 Å². The normalized spacial score (nSPS) is 18.7. The van der Waals surface area contributed by atoms with E-state index < -0.39 is 11.7 Å². The molecule has 1 heterocycles. The Bertz CT molecular complexity index is 627. The maximum atomic E-state index is 12.2. The van der Waals surface area contributed by atoms with E-state index in [1.54, 1.807) is 12.1 Å². The SMILES string of the molecule is CN1C(=O)c2ccc(NC(=O)OC(C)(C)C)cc2C12CC2. The van der Waals surface area contributed by atoms with Crippen LogP contribution in [0, 0.1) is 0 Å². The molecule has 1 aliphatic heterocycles. The molecule has 0 radical (unpaired) electrons. The highest BCUT2D eigenvalue weighted by atomic mass is 16.6. The predicted molar refractivity (Wildman–Crippen MR) is 79.3 cm³/mol. The zero-order valence-electron chi connectivity index (χ0n) is 12.8. The summed E-state index contributed by atoms with van der Waals surface area (Å²) in [6.45, 7) is 5.46. The molecular weight excluding hydrogens is 268 g/mol. The van der Waals surface area contributed by atoms with Crippen LogP contribution in [0.2, 0.25) is 0 Å². The van der Waals surface area contributed by atoms with E-state index in [-0.39, 0.29) is 11.4 Å². The van der Waals surface area contributed by atoms with Crippen molar-refractivity contribution in [1.29, 1.82) is 0 Å². The summed E-state index contributed by atoms with van der Waals surface area (Å²) in [4.78, 5) is 25.8. The first kappa shape index (κ1) is 13.9. The molecule has 0 unspecified atom stereocenters. The van der Waals surface area contributed by atoms with Crippen molar-refractivity contribution in [2.75, 3.05) is 12.4 Å². The first-order chi connectivity index (χ1) is 9.73. The minimum absolute atomic E-state index is 0.0614. The summed E-state index contributed by atoms with van der Waals surface area (Å²) in [6.07, 6.45) is 1.49. The third-order valence-electron chi connectivity index (χ3n) is 4.07. The van der Waals surface area contributed by atoms with E-state index in [0.29, 0.717) is 5.69 Å². The molecule has 1 aromatic carbocycles. The van der Waals surface area contributed by atoms with Crippen molar-refractivity contribution in [1.82, 2.24) is 4.90 Å². The first-order valence-electron chi connectivity index (χ1n) is 7.16. The number of hydrogen-bond donors (Lipinski definition) is 1. The summed E-state index contributed by atoms with van der Waals surface area (Å²) in [5.41, 5.74) is 1.75. The smallest absolute Gasteiger partial charge is 0.412 e. The van der Waals surface area contributed by atoms with Crippen LogP contribution in [0.15, 0.2) is 18.2 Å². The summed E-state index contributed by atoms with van der Waals surface area (Å²) in [7, 11) is 1.84. The number of hydrogen-bond acceptors (Lipinski definition) is 3. The highest BCUT2D eigenvalue weighted by Crippen LogP contribution is 2.56. The number of carbonyl (C=O) groups is 2. The Morgan fingerprint density at radius 2 is 2.00 bits per heavy atom. The molecule has 0 saturated heterocycles. The second-order valence-corrected chi connectivity index (χ2v) is 6.78. The molecule has 5 nitrogen and oxygen atoms in total. The predicted octanol–water partition coefficient (Wildman–Crippen LogP) is 3.11. The molecule has 0 atom stereocenters. The largest absolute Gasteiger partial charge is 0.444 e. The summed E-state index contributed by atoms with van der Waals surface area (Å²) in [5.74, 6) is 0.0614. The molecule has 21 heavy (non-hydrogen) atoms. The Morgan fingerprint density at radius 3 is 2.57 bits per heavy atom. The van der Waals surface area contributed by atoms with Gasteiger partial charge in [-0.1, -0.05) is 0 Å². The molecule has 1 aromatic rings. The maximum absolute atomic E-state index is 12.2. The highest BCUT2D eigenvalue weighted by Gasteiger charge is 2.56. The molecule has 112 valence electrons. The van der Waals surface area contributed by atoms with Gasteiger partial charge in [0.15, 0.2) is 0 Å². The average molecular weight is 288 g/mol. The number of rotatable bonds is 1. The summed E-state index contributed by atoms with van der Waals surface area (Å²) in [5, 5.41) is 2.73. The number of benzene rings is 1. The molecule has 1 saturated carbocycles. The Morgan fingerprint density at radius 1 is 1.33 bits per heavy atom. The van der Waals surface area contributed by atoms with Crippen molar-refractivity contribution in [3.8, 4) is 0 Å². The zero-order chi connectivity index (χ0) is 15.4. The monoisotopic (exact) mass is 288 g/mol. The van der Waals surface area contributed by atoms with Gasteiger partial charge in [0.25, 0.3) is 5.91 Å². The Kier molecular flexibility index (Phi) is 2.80. The van der Waals surface area contributed by atoms with Gasteiger partial charge in [0, 0.05) is 18.3 Å². The summed E-state index contributed by atoms with van der Waals surface area (Å²) >= 11 is 0. The van der Waals surface area contributed by atoms with Crippen LogP contribution >= 0.6 is 0 Å². The molecule has 1 fully saturated rings. The second-order valence-electron chi connectivity index (χ2n) is 6.78. The van der Waals surface area contributed by atoms with Crippen LogP contribution in [0.4, 0.5) is 10.5 Å². The topological polar surface area (TPSA) is 58.6 Å². The third-order valence-corrected chi connectivity index (χ3v) is 4.07. The van der Waals surface area contributed by atoms with Gasteiger partial charge < -0.3 is 9.64 Å². The van der Waals surface area contributed by atoms with Crippen molar-refractivity contribution in [2.24, 2.45) is 0 Å². The van der Waals surface area contributed by atoms with Gasteiger partial charge in [-0.3, -0.25) is 10.1 Å². The molecule has 1 spiro atoms. The Balaban J connectivity index is 1.84. The fourth-order valence-electron chi connectivity index (χ4n) is 2.89. The lowest BCUT2D eigenvalue weighted by molar-refractivity contribution is 0.0635. The molecule has 2 aliphatic rings. The number of amides is 2. The first-order valence-corrected chi connectivity index (χ1v) is 7.16. The third kappa shape index (κ3) is 2.26. The molecule has 1 aliphatic carbocycles. The van der Waals surface area contributed by atoms with Gasteiger partial charge in [-0.25, -0.2) is 4.79 Å². The lowest BCUT2D eigenvalue weighted by Gasteiger charge is -2.21. The fourth-order valence-corrected chi connectivity index (χ4v) is 2.89. The number of fused-ring (bicyclic) bond motifs is 2. The van der Waals surface area contributed by atoms with Crippen LogP contribution in [-0.4, -0.2) is 29.5 Å². The molecule has 2 amide bonds. The lowest BCUT2D eigenvalue weighted by Crippen LogP contribution is -2.28. The van der Waals surface area contributed by atoms with E-state index >= 15 is 0 Å². The Labute approximate surface area is 124 Å². The summed E-state index contributed by atoms with van der Waals surface area (Å²) in [6, 6.07) is 5.43. The van der Waals surface area contributed by atoms with E-state index in [1.165, 1.54) is 0 Å². The molecular formula is C16H20N2O3. The van der Waals surface area contributed by atoms with Gasteiger partial charge in [-0.15, -0.1) is 0 Å². The van der Waals surface area contributed by atoms with Gasteiger partial charge in [0.1, 0.15) is 5.60 Å². The van der Waals surface area contributed by atoms with Crippen LogP contribution in [0.3, 0.4) is 0 Å². The number of anilines is 1. The molecule has 0 bridgehead atoms. The van der Waals surface area contributed by atoms with Crippen LogP contribution < -0.4 is 5.32 Å². The van der Waals surface area contributed by atoms with Gasteiger partial charge in [-0.05, 0) is 57.4 Å². The minimum atomic E-state index is -0.533. The van der Waals surface area contributed by atoms with E-state index in [2.05, 4.69) is 5.32 Å². The highest BCUT2D eigenvalue weighted by molar-refractivity contribution is 6.01. The van der Waals surface area contributed by atoms with Crippen LogP contribution in [-0.2, 0) is 10.3 Å². The van der Waals surface area contributed by atoms with Gasteiger partial charge in [0.2, 0.25) is 0 Å². The standard InChI is InChI=1S/C16H20N2O3/c1-15(2,3)21-14(20)17-10-5-6-11-12(9-10)16(7-8-16)18(4)13(11)19/h5-6,9H,7-8H2,1-4H3,(H,17,20). The molecule has 1 N–H and O–H groups in total. The maximum Gasteiger partial charge on any atom is 0.412 e. The van der Waals surface area contributed by atoms with Crippen molar-refractivity contribution in [3.63, 3.8) is 0 Å². The minimum Gasteiger partial charge on any atom is -0.444 e. The van der Waals surface area contributed by atoms with Crippen molar-refractivity contribution in [2.45, 2.75) is 44.8 Å². The molecule has 0 aromatic heterocycles. The van der Waals surface area contributed by atoms with E-state index in [9.17, 15) is 9.59 Å². The summed E-state index contributed by atoms with van der Waals surface area (Å²) < 4.78 is 5.24. The van der Waals surface area contributed by atoms with Gasteiger partial charge in [-0.2, -0.15) is 0 Å². The van der Waals surface area contributed by atoms with Crippen LogP contribution in [0.5, 0.6) is 0 Å². The van der Waals surface area contributed by atoms with E-state index in [0.717, 1.165) is 24.0 Å². The molecule has 5 heteroatoms. The zero-order valence-corrected chi connectivity index (χ0v) is 12.8. The van der Waals surface area contributed by atoms with E-state index in [1.807, 2.05) is 38.8 Å². The number of nitrogens with one attached hydrogen (secondary N) is 1. The second kappa shape index (κ2) is 4.23. The van der Waals surface area contributed by atoms with E-state index in [4.69, 9.17) is 4.74 Å². The quantitative estimate of drug-likeness (QED) is 0.863. The van der Waals surface area contributed by atoms with Crippen molar-refractivity contribution >= 4 is 17.7 Å². The molecule has 3 rings (SSSR count). The van der Waals surface area contributed by atoms with Crippen LogP contribution in [0.1, 0.15) is 49.5 Å². The lowest BCUT2D eigenvalue weighted by atomic mass is 10.0. The number of nitrogens with zero attached hydrogens (tertiary/aromatic N) is 1. The van der Waals surface area contributed by atoms with Gasteiger partial charge in [0.05, 0.1) is 5.54 Å². The van der Waals surface area contributed by atoms with Crippen LogP contribution in [0.25, 0.3) is 0 Å². The number of carbonyl (C=O) groups excluding carboxylic acids is 2. The number of ether oxygens (including phenoxy) is 1. The fraction of sp³-hybridized carbons (Fsp3) is 0.500. The van der Waals surface area contributed by atoms with Crippen molar-refractivity contribution in [3.05, 3.63) is 29.3 Å².